The molecule has 27 heavy (non-hydrogen) atoms. The summed E-state index contributed by atoms with van der Waals surface area (Å²) in [5.41, 5.74) is 4.13. The van der Waals surface area contributed by atoms with Gasteiger partial charge in [-0.05, 0) is 71.7 Å². The van der Waals surface area contributed by atoms with Crippen molar-refractivity contribution >= 4 is 24.2 Å². The molecule has 0 unspecified atom stereocenters. The van der Waals surface area contributed by atoms with E-state index in [0.29, 0.717) is 11.3 Å². The van der Waals surface area contributed by atoms with E-state index in [1.54, 1.807) is 6.20 Å². The first-order valence-corrected chi connectivity index (χ1v) is 9.21. The number of carbonyl (C=O) groups is 1. The molecule has 5 nitrogen and oxygen atoms in total. The molecule has 3 rings (SSSR count). The van der Waals surface area contributed by atoms with E-state index in [1.165, 1.54) is 0 Å². The second-order valence-electron chi connectivity index (χ2n) is 8.19. The number of hydrogen-bond acceptors (Lipinski definition) is 4. The summed E-state index contributed by atoms with van der Waals surface area (Å²) in [4.78, 5) is 17.1. The molecule has 0 spiro atoms. The molecule has 1 aromatic carbocycles. The van der Waals surface area contributed by atoms with Crippen LogP contribution in [0.25, 0.3) is 0 Å². The summed E-state index contributed by atoms with van der Waals surface area (Å²) in [6.45, 7) is 13.9. The average molecular weight is 366 g/mol. The Hall–Kier alpha value is -2.18. The van der Waals surface area contributed by atoms with Crippen molar-refractivity contribution in [3.8, 4) is 0 Å². The summed E-state index contributed by atoms with van der Waals surface area (Å²) in [5, 5.41) is 2.95. The minimum atomic E-state index is -0.514. The highest BCUT2D eigenvalue weighted by atomic mass is 16.7. The molecule has 0 saturated carbocycles. The Morgan fingerprint density at radius 3 is 2.33 bits per heavy atom. The summed E-state index contributed by atoms with van der Waals surface area (Å²) in [6, 6.07) is 7.60. The molecule has 142 valence electrons. The van der Waals surface area contributed by atoms with E-state index in [0.717, 1.165) is 22.3 Å². The third-order valence-electron chi connectivity index (χ3n) is 5.74. The van der Waals surface area contributed by atoms with Crippen molar-refractivity contribution in [2.75, 3.05) is 5.32 Å². The monoisotopic (exact) mass is 366 g/mol. The van der Waals surface area contributed by atoms with Crippen LogP contribution in [0.5, 0.6) is 0 Å². The van der Waals surface area contributed by atoms with E-state index >= 15 is 0 Å². The van der Waals surface area contributed by atoms with E-state index in [4.69, 9.17) is 9.31 Å². The van der Waals surface area contributed by atoms with E-state index in [-0.39, 0.29) is 5.91 Å². The predicted octanol–water partition coefficient (Wildman–Crippen LogP) is 3.56. The first-order valence-electron chi connectivity index (χ1n) is 9.21. The van der Waals surface area contributed by atoms with E-state index in [2.05, 4.69) is 10.3 Å². The molecule has 0 bridgehead atoms. The Labute approximate surface area is 161 Å². The summed E-state index contributed by atoms with van der Waals surface area (Å²) in [6.07, 6.45) is 1.66. The molecular formula is C21H27BN2O3. The molecule has 1 aliphatic heterocycles. The van der Waals surface area contributed by atoms with Crippen LogP contribution in [-0.2, 0) is 9.31 Å². The second-order valence-corrected chi connectivity index (χ2v) is 8.19. The zero-order valence-corrected chi connectivity index (χ0v) is 17.1. The van der Waals surface area contributed by atoms with Gasteiger partial charge in [-0.3, -0.25) is 9.78 Å². The average Bonchev–Trinajstić information content (AvgIpc) is 2.79. The van der Waals surface area contributed by atoms with Gasteiger partial charge >= 0.3 is 7.12 Å². The molecule has 1 aliphatic rings. The van der Waals surface area contributed by atoms with E-state index in [9.17, 15) is 4.79 Å². The Morgan fingerprint density at radius 2 is 1.70 bits per heavy atom. The lowest BCUT2D eigenvalue weighted by Crippen LogP contribution is -2.41. The first kappa shape index (κ1) is 19.6. The van der Waals surface area contributed by atoms with Gasteiger partial charge in [-0.25, -0.2) is 0 Å². The molecular weight excluding hydrogens is 339 g/mol. The topological polar surface area (TPSA) is 60.5 Å². The van der Waals surface area contributed by atoms with Gasteiger partial charge in [-0.2, -0.15) is 0 Å². The van der Waals surface area contributed by atoms with Gasteiger partial charge in [0.25, 0.3) is 5.91 Å². The number of anilines is 1. The largest absolute Gasteiger partial charge is 0.496 e. The zero-order chi connectivity index (χ0) is 20.0. The SMILES string of the molecule is Cc1cccc(C(=O)Nc2cnc(C)c(B3OC(C)(C)C(C)(C)O3)c2)c1C. The number of rotatable bonds is 3. The lowest BCUT2D eigenvalue weighted by atomic mass is 9.78. The van der Waals surface area contributed by atoms with Crippen LogP contribution in [0.3, 0.4) is 0 Å². The standard InChI is InChI=1S/C21H27BN2O3/c1-13-9-8-10-17(14(13)2)19(25)24-16-11-18(15(3)23-12-16)22-26-20(4,5)21(6,7)27-22/h8-12H,1-7H3,(H,24,25). The number of pyridine rings is 1. The Bertz CT molecular complexity index is 877. The fourth-order valence-corrected chi connectivity index (χ4v) is 3.02. The van der Waals surface area contributed by atoms with Gasteiger partial charge in [0, 0.05) is 16.7 Å². The molecule has 1 aromatic heterocycles. The second kappa shape index (κ2) is 6.77. The minimum Gasteiger partial charge on any atom is -0.399 e. The highest BCUT2D eigenvalue weighted by Gasteiger charge is 2.52. The van der Waals surface area contributed by atoms with Crippen molar-refractivity contribution in [1.29, 1.82) is 0 Å². The summed E-state index contributed by atoms with van der Waals surface area (Å²) < 4.78 is 12.3. The maximum absolute atomic E-state index is 12.7. The molecule has 1 fully saturated rings. The molecule has 1 N–H and O–H groups in total. The van der Waals surface area contributed by atoms with Crippen molar-refractivity contribution in [3.63, 3.8) is 0 Å². The lowest BCUT2D eigenvalue weighted by Gasteiger charge is -2.32. The van der Waals surface area contributed by atoms with Crippen LogP contribution in [0.1, 0.15) is 54.9 Å². The molecule has 0 radical (unpaired) electrons. The maximum Gasteiger partial charge on any atom is 0.496 e. The van der Waals surface area contributed by atoms with Crippen LogP contribution < -0.4 is 10.8 Å². The van der Waals surface area contributed by atoms with Crippen molar-refractivity contribution < 1.29 is 14.1 Å². The first-order chi connectivity index (χ1) is 12.5. The number of nitrogens with one attached hydrogen (secondary N) is 1. The van der Waals surface area contributed by atoms with Crippen LogP contribution in [0.2, 0.25) is 0 Å². The van der Waals surface area contributed by atoms with Crippen LogP contribution in [0.15, 0.2) is 30.5 Å². The predicted molar refractivity (Wildman–Crippen MR) is 109 cm³/mol. The minimum absolute atomic E-state index is 0.151. The van der Waals surface area contributed by atoms with Crippen LogP contribution in [0, 0.1) is 20.8 Å². The van der Waals surface area contributed by atoms with E-state index in [1.807, 2.05) is 72.7 Å². The Morgan fingerprint density at radius 1 is 1.07 bits per heavy atom. The number of aryl methyl sites for hydroxylation is 2. The molecule has 0 atom stereocenters. The number of amides is 1. The van der Waals surface area contributed by atoms with Crippen molar-refractivity contribution in [3.05, 3.63) is 52.8 Å². The molecule has 1 amide bonds. The van der Waals surface area contributed by atoms with Gasteiger partial charge in [-0.1, -0.05) is 12.1 Å². The van der Waals surface area contributed by atoms with Gasteiger partial charge in [0.2, 0.25) is 0 Å². The van der Waals surface area contributed by atoms with Crippen LogP contribution in [0.4, 0.5) is 5.69 Å². The Kier molecular flexibility index (Phi) is 4.91. The molecule has 1 saturated heterocycles. The third-order valence-corrected chi connectivity index (χ3v) is 5.74. The number of carbonyl (C=O) groups excluding carboxylic acids is 1. The zero-order valence-electron chi connectivity index (χ0n) is 17.1. The van der Waals surface area contributed by atoms with Crippen molar-refractivity contribution in [1.82, 2.24) is 4.98 Å². The van der Waals surface area contributed by atoms with Gasteiger partial charge in [-0.15, -0.1) is 0 Å². The Balaban J connectivity index is 1.86. The fourth-order valence-electron chi connectivity index (χ4n) is 3.02. The molecule has 6 heteroatoms. The summed E-state index contributed by atoms with van der Waals surface area (Å²) >= 11 is 0. The lowest BCUT2D eigenvalue weighted by molar-refractivity contribution is 0.00578. The van der Waals surface area contributed by atoms with Gasteiger partial charge in [0.05, 0.1) is 23.1 Å². The van der Waals surface area contributed by atoms with Crippen molar-refractivity contribution in [2.45, 2.75) is 59.7 Å². The smallest absolute Gasteiger partial charge is 0.399 e. The quantitative estimate of drug-likeness (QED) is 0.844. The van der Waals surface area contributed by atoms with Crippen molar-refractivity contribution in [2.24, 2.45) is 0 Å². The highest BCUT2D eigenvalue weighted by Crippen LogP contribution is 2.36. The summed E-state index contributed by atoms with van der Waals surface area (Å²) in [5.74, 6) is -0.151. The normalized spacial score (nSPS) is 17.8. The number of aromatic nitrogens is 1. The highest BCUT2D eigenvalue weighted by molar-refractivity contribution is 6.62. The molecule has 2 heterocycles. The number of benzene rings is 1. The molecule has 2 aromatic rings. The summed E-state index contributed by atoms with van der Waals surface area (Å²) in [7, 11) is -0.514. The maximum atomic E-state index is 12.7. The fraction of sp³-hybridized carbons (Fsp3) is 0.429. The van der Waals surface area contributed by atoms with Crippen LogP contribution in [-0.4, -0.2) is 29.2 Å². The third kappa shape index (κ3) is 3.64. The van der Waals surface area contributed by atoms with Gasteiger partial charge < -0.3 is 14.6 Å². The van der Waals surface area contributed by atoms with Crippen LogP contribution >= 0.6 is 0 Å². The number of nitrogens with zero attached hydrogens (tertiary/aromatic N) is 1. The van der Waals surface area contributed by atoms with Gasteiger partial charge in [0.15, 0.2) is 0 Å². The van der Waals surface area contributed by atoms with E-state index < -0.39 is 18.3 Å². The van der Waals surface area contributed by atoms with Gasteiger partial charge in [0.1, 0.15) is 0 Å². The molecule has 0 aliphatic carbocycles. The number of hydrogen-bond donors (Lipinski definition) is 1.